The number of carbonyl (C=O) groups excluding carboxylic acids is 1. The van der Waals surface area contributed by atoms with Crippen molar-refractivity contribution in [1.29, 1.82) is 0 Å². The summed E-state index contributed by atoms with van der Waals surface area (Å²) in [6, 6.07) is 6.02. The summed E-state index contributed by atoms with van der Waals surface area (Å²) in [5, 5.41) is 0. The molecule has 1 rings (SSSR count). The van der Waals surface area contributed by atoms with Crippen LogP contribution in [0.4, 0.5) is 5.69 Å². The minimum atomic E-state index is 0. The van der Waals surface area contributed by atoms with E-state index in [2.05, 4.69) is 6.07 Å². The van der Waals surface area contributed by atoms with Crippen LogP contribution in [0, 0.1) is 13.8 Å². The maximum atomic E-state index is 10.5. The van der Waals surface area contributed by atoms with Crippen molar-refractivity contribution in [3.63, 3.8) is 0 Å². The van der Waals surface area contributed by atoms with Crippen molar-refractivity contribution in [3.8, 4) is 0 Å². The summed E-state index contributed by atoms with van der Waals surface area (Å²) in [5.41, 5.74) is 3.32. The topological polar surface area (TPSA) is 20.3 Å². The zero-order valence-electron chi connectivity index (χ0n) is 8.07. The van der Waals surface area contributed by atoms with E-state index in [-0.39, 0.29) is 12.4 Å². The third-order valence-corrected chi connectivity index (χ3v) is 1.89. The first-order chi connectivity index (χ1) is 5.65. The van der Waals surface area contributed by atoms with Crippen molar-refractivity contribution in [1.82, 2.24) is 0 Å². The Kier molecular flexibility index (Phi) is 4.49. The molecule has 0 radical (unpaired) electrons. The standard InChI is InChI=1S/C10H13NO.ClH/c1-8-4-5-10(9(2)6-8)11(3)7-12;/h4-7H,1-3H3;1H. The van der Waals surface area contributed by atoms with Gasteiger partial charge in [-0.15, -0.1) is 12.4 Å². The Labute approximate surface area is 85.0 Å². The summed E-state index contributed by atoms with van der Waals surface area (Å²) < 4.78 is 0. The Morgan fingerprint density at radius 1 is 1.31 bits per heavy atom. The molecule has 2 nitrogen and oxygen atoms in total. The third kappa shape index (κ3) is 2.74. The molecule has 72 valence electrons. The minimum Gasteiger partial charge on any atom is -0.318 e. The highest BCUT2D eigenvalue weighted by Crippen LogP contribution is 2.18. The monoisotopic (exact) mass is 199 g/mol. The van der Waals surface area contributed by atoms with Gasteiger partial charge in [0.05, 0.1) is 0 Å². The highest BCUT2D eigenvalue weighted by Gasteiger charge is 2.01. The van der Waals surface area contributed by atoms with Gasteiger partial charge in [-0.2, -0.15) is 0 Å². The predicted molar refractivity (Wildman–Crippen MR) is 57.6 cm³/mol. The van der Waals surface area contributed by atoms with E-state index in [9.17, 15) is 4.79 Å². The van der Waals surface area contributed by atoms with Gasteiger partial charge in [-0.05, 0) is 25.5 Å². The van der Waals surface area contributed by atoms with Crippen molar-refractivity contribution < 1.29 is 4.79 Å². The number of carbonyl (C=O) groups is 1. The molecule has 0 heterocycles. The molecule has 0 aliphatic rings. The quantitative estimate of drug-likeness (QED) is 0.670. The molecule has 0 aliphatic carbocycles. The van der Waals surface area contributed by atoms with E-state index in [0.717, 1.165) is 17.7 Å². The highest BCUT2D eigenvalue weighted by atomic mass is 35.5. The van der Waals surface area contributed by atoms with Crippen LogP contribution in [0.15, 0.2) is 18.2 Å². The van der Waals surface area contributed by atoms with Crippen LogP contribution in [0.5, 0.6) is 0 Å². The van der Waals surface area contributed by atoms with Crippen LogP contribution in [0.3, 0.4) is 0 Å². The van der Waals surface area contributed by atoms with Crippen LogP contribution in [-0.4, -0.2) is 13.5 Å². The molecule has 0 N–H and O–H groups in total. The van der Waals surface area contributed by atoms with E-state index in [1.807, 2.05) is 26.0 Å². The number of nitrogens with zero attached hydrogens (tertiary/aromatic N) is 1. The summed E-state index contributed by atoms with van der Waals surface area (Å²) >= 11 is 0. The van der Waals surface area contributed by atoms with Gasteiger partial charge in [-0.25, -0.2) is 0 Å². The lowest BCUT2D eigenvalue weighted by molar-refractivity contribution is -0.107. The second-order valence-corrected chi connectivity index (χ2v) is 3.01. The van der Waals surface area contributed by atoms with Crippen LogP contribution in [0.2, 0.25) is 0 Å². The second kappa shape index (κ2) is 4.87. The average Bonchev–Trinajstić information content (AvgIpc) is 2.03. The summed E-state index contributed by atoms with van der Waals surface area (Å²) in [4.78, 5) is 12.0. The molecule has 0 atom stereocenters. The van der Waals surface area contributed by atoms with Gasteiger partial charge >= 0.3 is 0 Å². The maximum absolute atomic E-state index is 10.5. The molecule has 0 unspecified atom stereocenters. The number of benzene rings is 1. The molecule has 1 amide bonds. The first kappa shape index (κ1) is 12.0. The zero-order valence-corrected chi connectivity index (χ0v) is 8.89. The summed E-state index contributed by atoms with van der Waals surface area (Å²) in [6.07, 6.45) is 0.817. The molecule has 3 heteroatoms. The smallest absolute Gasteiger partial charge is 0.213 e. The molecule has 0 aromatic heterocycles. The Hall–Kier alpha value is -1.02. The number of hydrogen-bond acceptors (Lipinski definition) is 1. The first-order valence-corrected chi connectivity index (χ1v) is 3.90. The largest absolute Gasteiger partial charge is 0.318 e. The predicted octanol–water partition coefficient (Wildman–Crippen LogP) is 2.32. The number of hydrogen-bond donors (Lipinski definition) is 0. The van der Waals surface area contributed by atoms with Crippen molar-refractivity contribution in [2.45, 2.75) is 13.8 Å². The Balaban J connectivity index is 0.00000144. The molecule has 0 aliphatic heterocycles. The van der Waals surface area contributed by atoms with Crippen molar-refractivity contribution >= 4 is 24.5 Å². The number of aryl methyl sites for hydroxylation is 2. The lowest BCUT2D eigenvalue weighted by Crippen LogP contribution is -2.14. The summed E-state index contributed by atoms with van der Waals surface area (Å²) in [6.45, 7) is 4.04. The molecule has 0 spiro atoms. The molecule has 0 saturated carbocycles. The van der Waals surface area contributed by atoms with Crippen LogP contribution in [0.1, 0.15) is 11.1 Å². The van der Waals surface area contributed by atoms with Crippen LogP contribution < -0.4 is 4.90 Å². The molecule has 1 aromatic carbocycles. The average molecular weight is 200 g/mol. The molecule has 0 fully saturated rings. The molecule has 13 heavy (non-hydrogen) atoms. The van der Waals surface area contributed by atoms with Crippen molar-refractivity contribution in [2.75, 3.05) is 11.9 Å². The maximum Gasteiger partial charge on any atom is 0.213 e. The van der Waals surface area contributed by atoms with Gasteiger partial charge in [0.1, 0.15) is 0 Å². The fourth-order valence-corrected chi connectivity index (χ4v) is 1.26. The van der Waals surface area contributed by atoms with Crippen molar-refractivity contribution in [3.05, 3.63) is 29.3 Å². The molecular weight excluding hydrogens is 186 g/mol. The third-order valence-electron chi connectivity index (χ3n) is 1.89. The van der Waals surface area contributed by atoms with Gasteiger partial charge in [-0.1, -0.05) is 17.7 Å². The lowest BCUT2D eigenvalue weighted by atomic mass is 10.1. The highest BCUT2D eigenvalue weighted by molar-refractivity contribution is 5.85. The second-order valence-electron chi connectivity index (χ2n) is 3.01. The summed E-state index contributed by atoms with van der Waals surface area (Å²) in [7, 11) is 1.75. The Morgan fingerprint density at radius 3 is 2.38 bits per heavy atom. The fraction of sp³-hybridized carbons (Fsp3) is 0.300. The molecule has 0 bridgehead atoms. The van der Waals surface area contributed by atoms with E-state index >= 15 is 0 Å². The van der Waals surface area contributed by atoms with Gasteiger partial charge in [0.2, 0.25) is 6.41 Å². The van der Waals surface area contributed by atoms with Gasteiger partial charge in [-0.3, -0.25) is 4.79 Å². The first-order valence-electron chi connectivity index (χ1n) is 3.90. The van der Waals surface area contributed by atoms with Gasteiger partial charge in [0.15, 0.2) is 0 Å². The van der Waals surface area contributed by atoms with Gasteiger partial charge < -0.3 is 4.90 Å². The van der Waals surface area contributed by atoms with Crippen LogP contribution in [-0.2, 0) is 4.79 Å². The van der Waals surface area contributed by atoms with E-state index in [1.165, 1.54) is 5.56 Å². The normalized spacial score (nSPS) is 8.85. The van der Waals surface area contributed by atoms with E-state index in [1.54, 1.807) is 11.9 Å². The lowest BCUT2D eigenvalue weighted by Gasteiger charge is -2.13. The molecule has 0 saturated heterocycles. The van der Waals surface area contributed by atoms with Crippen LogP contribution >= 0.6 is 12.4 Å². The number of anilines is 1. The fourth-order valence-electron chi connectivity index (χ4n) is 1.26. The van der Waals surface area contributed by atoms with Crippen LogP contribution in [0.25, 0.3) is 0 Å². The minimum absolute atomic E-state index is 0. The molecular formula is C10H14ClNO. The summed E-state index contributed by atoms with van der Waals surface area (Å²) in [5.74, 6) is 0. The number of rotatable bonds is 2. The van der Waals surface area contributed by atoms with Gasteiger partial charge in [0, 0.05) is 12.7 Å². The SMILES string of the molecule is Cc1ccc(N(C)C=O)c(C)c1.Cl. The Morgan fingerprint density at radius 2 is 1.92 bits per heavy atom. The van der Waals surface area contributed by atoms with E-state index < -0.39 is 0 Å². The van der Waals surface area contributed by atoms with E-state index in [4.69, 9.17) is 0 Å². The number of halogens is 1. The van der Waals surface area contributed by atoms with E-state index in [0.29, 0.717) is 0 Å². The molecule has 1 aromatic rings. The van der Waals surface area contributed by atoms with Gasteiger partial charge in [0.25, 0.3) is 0 Å². The zero-order chi connectivity index (χ0) is 9.14. The number of amides is 1. The Bertz CT molecular complexity index is 299. The van der Waals surface area contributed by atoms with Crippen molar-refractivity contribution in [2.24, 2.45) is 0 Å².